The predicted octanol–water partition coefficient (Wildman–Crippen LogP) is 1.63. The van der Waals surface area contributed by atoms with Crippen LogP contribution < -0.4 is 0 Å². The van der Waals surface area contributed by atoms with Crippen molar-refractivity contribution in [1.82, 2.24) is 0 Å². The number of allylic oxidation sites excluding steroid dienone is 1. The van der Waals surface area contributed by atoms with Crippen LogP contribution in [0.4, 0.5) is 0 Å². The average Bonchev–Trinajstić information content (AvgIpc) is 2.30. The Balaban J connectivity index is 2.09. The first kappa shape index (κ1) is 11.9. The summed E-state index contributed by atoms with van der Waals surface area (Å²) in [4.78, 5) is 11.3. The molecule has 1 aliphatic carbocycles. The first-order valence-corrected chi connectivity index (χ1v) is 5.79. The lowest BCUT2D eigenvalue weighted by Gasteiger charge is -2.28. The largest absolute Gasteiger partial charge is 0.456 e. The van der Waals surface area contributed by atoms with E-state index in [0.29, 0.717) is 12.8 Å². The van der Waals surface area contributed by atoms with Gasteiger partial charge in [-0.15, -0.1) is 0 Å². The second-order valence-corrected chi connectivity index (χ2v) is 4.22. The minimum absolute atomic E-state index is 0.393. The Labute approximate surface area is 101 Å². The molecule has 0 aromatic heterocycles. The molecule has 90 valence electrons. The van der Waals surface area contributed by atoms with Crippen molar-refractivity contribution in [2.75, 3.05) is 0 Å². The normalized spacial score (nSPS) is 23.4. The zero-order chi connectivity index (χ0) is 12.3. The molecule has 0 unspecified atom stereocenters. The van der Waals surface area contributed by atoms with Gasteiger partial charge in [-0.2, -0.15) is 0 Å². The summed E-state index contributed by atoms with van der Waals surface area (Å²) in [5.41, 5.74) is 2.29. The van der Waals surface area contributed by atoms with Gasteiger partial charge in [0.25, 0.3) is 0 Å². The van der Waals surface area contributed by atoms with Crippen LogP contribution in [0.25, 0.3) is 0 Å². The number of hydrogen-bond donors (Lipinski definition) is 1. The third-order valence-electron chi connectivity index (χ3n) is 2.97. The molecule has 1 aromatic rings. The number of fused-ring (bicyclic) bond motifs is 1. The van der Waals surface area contributed by atoms with Gasteiger partial charge in [-0.1, -0.05) is 30.3 Å². The van der Waals surface area contributed by atoms with Crippen LogP contribution >= 0.6 is 0 Å². The Morgan fingerprint density at radius 2 is 2.00 bits per heavy atom. The van der Waals surface area contributed by atoms with Gasteiger partial charge in [0.05, 0.1) is 6.10 Å². The second-order valence-electron chi connectivity index (χ2n) is 4.22. The van der Waals surface area contributed by atoms with Crippen LogP contribution in [0.1, 0.15) is 18.1 Å². The minimum Gasteiger partial charge on any atom is -0.456 e. The third-order valence-corrected chi connectivity index (χ3v) is 2.97. The third kappa shape index (κ3) is 2.74. The molecule has 17 heavy (non-hydrogen) atoms. The molecule has 3 heteroatoms. The number of hydrogen-bond acceptors (Lipinski definition) is 3. The number of aliphatic hydroxyl groups excluding tert-OH is 1. The number of rotatable bonds is 2. The molecule has 0 radical (unpaired) electrons. The summed E-state index contributed by atoms with van der Waals surface area (Å²) in [6.07, 6.45) is 3.08. The summed E-state index contributed by atoms with van der Waals surface area (Å²) in [7, 11) is 0. The van der Waals surface area contributed by atoms with Crippen LogP contribution in [0.2, 0.25) is 0 Å². The van der Waals surface area contributed by atoms with E-state index < -0.39 is 18.2 Å². The van der Waals surface area contributed by atoms with Gasteiger partial charge < -0.3 is 9.84 Å². The number of esters is 1. The maximum atomic E-state index is 11.3. The number of carbonyl (C=O) groups is 1. The fraction of sp³-hybridized carbons (Fsp3) is 0.357. The van der Waals surface area contributed by atoms with Crippen molar-refractivity contribution >= 4 is 5.97 Å². The number of ether oxygens (including phenoxy) is 1. The summed E-state index contributed by atoms with van der Waals surface area (Å²) in [5.74, 6) is -0.393. The van der Waals surface area contributed by atoms with E-state index in [1.165, 1.54) is 6.08 Å². The molecular formula is C14H16O3. The van der Waals surface area contributed by atoms with Crippen LogP contribution in [0.15, 0.2) is 36.4 Å². The second kappa shape index (κ2) is 5.15. The first-order chi connectivity index (χ1) is 8.20. The van der Waals surface area contributed by atoms with Crippen molar-refractivity contribution in [3.63, 3.8) is 0 Å². The molecule has 0 aliphatic heterocycles. The number of aliphatic hydroxyl groups is 1. The highest BCUT2D eigenvalue weighted by molar-refractivity contribution is 5.82. The molecule has 2 rings (SSSR count). The van der Waals surface area contributed by atoms with Crippen LogP contribution in [-0.2, 0) is 22.4 Å². The molecule has 1 aromatic carbocycles. The van der Waals surface area contributed by atoms with Gasteiger partial charge in [0.1, 0.15) is 6.10 Å². The van der Waals surface area contributed by atoms with Crippen LogP contribution in [0, 0.1) is 0 Å². The standard InChI is InChI=1S/C14H16O3/c1-2-5-14(16)17-13-9-11-7-4-3-6-10(11)8-12(13)15/h2-7,12-13,15H,8-9H2,1H3/b5-2+/t12-,13-/m1/s1. The lowest BCUT2D eigenvalue weighted by Crippen LogP contribution is -2.38. The van der Waals surface area contributed by atoms with Crippen molar-refractivity contribution < 1.29 is 14.6 Å². The highest BCUT2D eigenvalue weighted by Crippen LogP contribution is 2.23. The summed E-state index contributed by atoms with van der Waals surface area (Å²) in [6, 6.07) is 7.93. The molecule has 0 saturated heterocycles. The summed E-state index contributed by atoms with van der Waals surface area (Å²) < 4.78 is 5.23. The molecule has 3 nitrogen and oxygen atoms in total. The van der Waals surface area contributed by atoms with Gasteiger partial charge in [0.2, 0.25) is 0 Å². The van der Waals surface area contributed by atoms with E-state index in [-0.39, 0.29) is 0 Å². The van der Waals surface area contributed by atoms with E-state index in [1.54, 1.807) is 13.0 Å². The molecule has 1 aliphatic rings. The quantitative estimate of drug-likeness (QED) is 0.622. The zero-order valence-electron chi connectivity index (χ0n) is 9.80. The summed E-state index contributed by atoms with van der Waals surface area (Å²) >= 11 is 0. The van der Waals surface area contributed by atoms with Crippen LogP contribution in [0.3, 0.4) is 0 Å². The fourth-order valence-electron chi connectivity index (χ4n) is 2.11. The Hall–Kier alpha value is -1.61. The number of benzene rings is 1. The smallest absolute Gasteiger partial charge is 0.330 e. The van der Waals surface area contributed by atoms with E-state index in [2.05, 4.69) is 0 Å². The van der Waals surface area contributed by atoms with Crippen LogP contribution in [0.5, 0.6) is 0 Å². The Morgan fingerprint density at radius 1 is 1.35 bits per heavy atom. The molecule has 0 amide bonds. The average molecular weight is 232 g/mol. The van der Waals surface area contributed by atoms with E-state index in [0.717, 1.165) is 11.1 Å². The maximum absolute atomic E-state index is 11.3. The van der Waals surface area contributed by atoms with Gasteiger partial charge in [-0.25, -0.2) is 4.79 Å². The highest BCUT2D eigenvalue weighted by atomic mass is 16.6. The van der Waals surface area contributed by atoms with E-state index >= 15 is 0 Å². The zero-order valence-corrected chi connectivity index (χ0v) is 9.80. The summed E-state index contributed by atoms with van der Waals surface area (Å²) in [6.45, 7) is 1.76. The Bertz CT molecular complexity index is 437. The lowest BCUT2D eigenvalue weighted by molar-refractivity contribution is -0.149. The van der Waals surface area contributed by atoms with E-state index in [9.17, 15) is 9.90 Å². The van der Waals surface area contributed by atoms with Gasteiger partial charge >= 0.3 is 5.97 Å². The topological polar surface area (TPSA) is 46.5 Å². The van der Waals surface area contributed by atoms with Crippen LogP contribution in [-0.4, -0.2) is 23.3 Å². The molecular weight excluding hydrogens is 216 g/mol. The molecule has 0 fully saturated rings. The summed E-state index contributed by atoms with van der Waals surface area (Å²) in [5, 5.41) is 9.93. The first-order valence-electron chi connectivity index (χ1n) is 5.79. The molecule has 0 spiro atoms. The van der Waals surface area contributed by atoms with Gasteiger partial charge in [0, 0.05) is 18.9 Å². The fourth-order valence-corrected chi connectivity index (χ4v) is 2.11. The van der Waals surface area contributed by atoms with E-state index in [1.807, 2.05) is 24.3 Å². The lowest BCUT2D eigenvalue weighted by atomic mass is 9.88. The van der Waals surface area contributed by atoms with Gasteiger partial charge in [-0.3, -0.25) is 0 Å². The molecule has 2 atom stereocenters. The molecule has 0 heterocycles. The SMILES string of the molecule is C/C=C/C(=O)O[C@@H]1Cc2ccccc2C[C@H]1O. The molecule has 1 N–H and O–H groups in total. The number of carbonyl (C=O) groups excluding carboxylic acids is 1. The molecule has 0 bridgehead atoms. The van der Waals surface area contributed by atoms with Crippen molar-refractivity contribution in [3.05, 3.63) is 47.5 Å². The van der Waals surface area contributed by atoms with Gasteiger partial charge in [0.15, 0.2) is 0 Å². The van der Waals surface area contributed by atoms with Crippen molar-refractivity contribution in [1.29, 1.82) is 0 Å². The van der Waals surface area contributed by atoms with Crippen molar-refractivity contribution in [2.24, 2.45) is 0 Å². The molecule has 0 saturated carbocycles. The van der Waals surface area contributed by atoms with Crippen molar-refractivity contribution in [2.45, 2.75) is 32.0 Å². The minimum atomic E-state index is -0.612. The van der Waals surface area contributed by atoms with Crippen molar-refractivity contribution in [3.8, 4) is 0 Å². The van der Waals surface area contributed by atoms with E-state index in [4.69, 9.17) is 4.74 Å². The maximum Gasteiger partial charge on any atom is 0.330 e. The monoisotopic (exact) mass is 232 g/mol. The highest BCUT2D eigenvalue weighted by Gasteiger charge is 2.29. The Morgan fingerprint density at radius 3 is 2.65 bits per heavy atom. The Kier molecular flexibility index (Phi) is 3.59. The van der Waals surface area contributed by atoms with Gasteiger partial charge in [-0.05, 0) is 18.1 Å². The predicted molar refractivity (Wildman–Crippen MR) is 64.6 cm³/mol.